The number of rotatable bonds is 12. The van der Waals surface area contributed by atoms with Gasteiger partial charge in [-0.1, -0.05) is 0 Å². The van der Waals surface area contributed by atoms with Crippen molar-refractivity contribution in [1.29, 1.82) is 0 Å². The van der Waals surface area contributed by atoms with Crippen LogP contribution < -0.4 is 0 Å². The summed E-state index contributed by atoms with van der Waals surface area (Å²) in [6.07, 6.45) is 0. The number of benzene rings is 6. The molecule has 0 saturated heterocycles. The van der Waals surface area contributed by atoms with Crippen LogP contribution in [0.3, 0.4) is 0 Å². The monoisotopic (exact) mass is 694 g/mol. The summed E-state index contributed by atoms with van der Waals surface area (Å²) in [4.78, 5) is 0. The van der Waals surface area contributed by atoms with Crippen molar-refractivity contribution in [3.8, 4) is 0 Å². The second-order valence-electron chi connectivity index (χ2n) is 11.5. The van der Waals surface area contributed by atoms with E-state index >= 15 is 0 Å². The summed E-state index contributed by atoms with van der Waals surface area (Å²) in [6, 6.07) is 66.0. The molecule has 6 rings (SSSR count). The summed E-state index contributed by atoms with van der Waals surface area (Å²) in [6.45, 7) is 0. The van der Waals surface area contributed by atoms with E-state index < -0.39 is 28.7 Å². The predicted octanol–water partition coefficient (Wildman–Crippen LogP) is 9.65. The topological polar surface area (TPSA) is 0 Å². The van der Waals surface area contributed by atoms with Crippen molar-refractivity contribution in [2.45, 2.75) is 31.5 Å². The van der Waals surface area contributed by atoms with Crippen molar-refractivity contribution in [2.75, 3.05) is 0 Å². The molecule has 0 spiro atoms. The third-order valence-corrected chi connectivity index (χ3v) is 19.2. The summed E-state index contributed by atoms with van der Waals surface area (Å²) in [5.74, 6) is 0. The Morgan fingerprint density at radius 2 is 0.341 bits per heavy atom. The number of hydrogen-bond acceptors (Lipinski definition) is 0. The van der Waals surface area contributed by atoms with Gasteiger partial charge in [0.25, 0.3) is 0 Å². The summed E-state index contributed by atoms with van der Waals surface area (Å²) >= 11 is -2.45. The third kappa shape index (κ3) is 11.5. The van der Waals surface area contributed by atoms with Gasteiger partial charge < -0.3 is 0 Å². The molecule has 0 saturated carbocycles. The molecule has 0 amide bonds. The molecule has 0 aromatic heterocycles. The van der Waals surface area contributed by atoms with Crippen molar-refractivity contribution in [2.24, 2.45) is 0 Å². The van der Waals surface area contributed by atoms with Crippen molar-refractivity contribution in [1.82, 2.24) is 0 Å². The molecular formula is C42H42Ge2. The molecule has 0 heterocycles. The van der Waals surface area contributed by atoms with E-state index in [0.717, 1.165) is 0 Å². The zero-order valence-electron chi connectivity index (χ0n) is 25.6. The van der Waals surface area contributed by atoms with Gasteiger partial charge in [0.05, 0.1) is 0 Å². The molecule has 0 aliphatic carbocycles. The molecule has 6 aromatic carbocycles. The first-order valence-electron chi connectivity index (χ1n) is 15.7. The standard InChI is InChI=1S/2C21H21Ge/c2*1-4-10-19(11-5-1)16-22(17-20-12-6-2-7-13-20)18-21-14-8-3-9-15-21/h2*1-15H,16-18H2. The van der Waals surface area contributed by atoms with Crippen LogP contribution in [0.5, 0.6) is 0 Å². The molecule has 44 heavy (non-hydrogen) atoms. The maximum absolute atomic E-state index is 2.28. The van der Waals surface area contributed by atoms with Gasteiger partial charge in [-0.3, -0.25) is 0 Å². The fourth-order valence-electron chi connectivity index (χ4n) is 5.68. The van der Waals surface area contributed by atoms with Crippen molar-refractivity contribution in [3.05, 3.63) is 215 Å². The maximum atomic E-state index is 2.28. The Balaban J connectivity index is 0.000000175. The Labute approximate surface area is 274 Å². The van der Waals surface area contributed by atoms with Crippen LogP contribution in [-0.4, -0.2) is 28.7 Å². The fourth-order valence-corrected chi connectivity index (χ4v) is 17.5. The molecule has 2 heteroatoms. The van der Waals surface area contributed by atoms with Gasteiger partial charge in [-0.2, -0.15) is 0 Å². The summed E-state index contributed by atoms with van der Waals surface area (Å²) in [5, 5.41) is 7.78. The van der Waals surface area contributed by atoms with E-state index in [2.05, 4.69) is 182 Å². The molecule has 0 unspecified atom stereocenters. The van der Waals surface area contributed by atoms with Crippen LogP contribution in [0, 0.1) is 0 Å². The quantitative estimate of drug-likeness (QED) is 0.112. The Morgan fingerprint density at radius 3 is 0.477 bits per heavy atom. The van der Waals surface area contributed by atoms with Crippen LogP contribution in [0.15, 0.2) is 182 Å². The van der Waals surface area contributed by atoms with Crippen LogP contribution in [0.1, 0.15) is 33.4 Å². The second kappa shape index (κ2) is 18.3. The molecule has 0 bridgehead atoms. The van der Waals surface area contributed by atoms with E-state index in [1.165, 1.54) is 64.9 Å². The van der Waals surface area contributed by atoms with Crippen LogP contribution in [-0.2, 0) is 31.5 Å². The first-order chi connectivity index (χ1) is 21.8. The Hall–Kier alpha value is -3.59. The average molecular weight is 692 g/mol. The summed E-state index contributed by atoms with van der Waals surface area (Å²) < 4.78 is 0. The third-order valence-electron chi connectivity index (χ3n) is 7.78. The average Bonchev–Trinajstić information content (AvgIpc) is 3.08. The Kier molecular flexibility index (Phi) is 13.2. The van der Waals surface area contributed by atoms with E-state index in [4.69, 9.17) is 0 Å². The van der Waals surface area contributed by atoms with Gasteiger partial charge in [-0.15, -0.1) is 0 Å². The minimum atomic E-state index is -1.22. The molecule has 0 fully saturated rings. The van der Waals surface area contributed by atoms with E-state index in [9.17, 15) is 0 Å². The van der Waals surface area contributed by atoms with Gasteiger partial charge in [0.2, 0.25) is 0 Å². The molecule has 0 N–H and O–H groups in total. The first-order valence-corrected chi connectivity index (χ1v) is 24.6. The van der Waals surface area contributed by atoms with Gasteiger partial charge in [0.1, 0.15) is 0 Å². The predicted molar refractivity (Wildman–Crippen MR) is 192 cm³/mol. The molecule has 0 aliphatic heterocycles. The van der Waals surface area contributed by atoms with Crippen LogP contribution >= 0.6 is 0 Å². The molecule has 2 radical (unpaired) electrons. The molecule has 0 atom stereocenters. The van der Waals surface area contributed by atoms with Gasteiger partial charge >= 0.3 is 276 Å². The Morgan fingerprint density at radius 1 is 0.205 bits per heavy atom. The minimum absolute atomic E-state index is 1.22. The fraction of sp³-hybridized carbons (Fsp3) is 0.143. The zero-order chi connectivity index (χ0) is 30.1. The van der Waals surface area contributed by atoms with Crippen LogP contribution in [0.25, 0.3) is 0 Å². The summed E-state index contributed by atoms with van der Waals surface area (Å²) in [5.41, 5.74) is 9.02. The molecule has 218 valence electrons. The van der Waals surface area contributed by atoms with Crippen molar-refractivity contribution in [3.63, 3.8) is 0 Å². The van der Waals surface area contributed by atoms with Crippen molar-refractivity contribution >= 4 is 28.7 Å². The molecule has 0 aliphatic rings. The van der Waals surface area contributed by atoms with E-state index in [0.29, 0.717) is 0 Å². The molecular weight excluding hydrogens is 650 g/mol. The van der Waals surface area contributed by atoms with Crippen LogP contribution in [0.4, 0.5) is 0 Å². The van der Waals surface area contributed by atoms with Crippen LogP contribution in [0.2, 0.25) is 0 Å². The van der Waals surface area contributed by atoms with E-state index in [1.54, 1.807) is 0 Å². The second-order valence-corrected chi connectivity index (χ2v) is 22.2. The number of hydrogen-bond donors (Lipinski definition) is 0. The normalized spacial score (nSPS) is 10.8. The molecule has 0 nitrogen and oxygen atoms in total. The van der Waals surface area contributed by atoms with Gasteiger partial charge in [0, 0.05) is 0 Å². The van der Waals surface area contributed by atoms with Gasteiger partial charge in [-0.25, -0.2) is 0 Å². The van der Waals surface area contributed by atoms with E-state index in [-0.39, 0.29) is 0 Å². The van der Waals surface area contributed by atoms with Crippen molar-refractivity contribution < 1.29 is 0 Å². The SMILES string of the molecule is c1ccc([CH2][Ge]([CH2]c2ccccc2)[CH2]c2ccccc2)cc1.c1ccc([CH2][Ge]([CH2]c2ccccc2)[CH2]c2ccccc2)cc1. The van der Waals surface area contributed by atoms with E-state index in [1.807, 2.05) is 0 Å². The summed E-state index contributed by atoms with van der Waals surface area (Å²) in [7, 11) is 0. The molecule has 6 aromatic rings. The Bertz CT molecular complexity index is 1250. The van der Waals surface area contributed by atoms with Gasteiger partial charge in [-0.05, 0) is 0 Å². The van der Waals surface area contributed by atoms with Gasteiger partial charge in [0.15, 0.2) is 0 Å². The zero-order valence-corrected chi connectivity index (χ0v) is 29.8. The first kappa shape index (κ1) is 31.8.